The van der Waals surface area contributed by atoms with Gasteiger partial charge in [-0.2, -0.15) is 11.8 Å². The zero-order chi connectivity index (χ0) is 16.8. The minimum absolute atomic E-state index is 0.00469. The second kappa shape index (κ2) is 7.87. The molecule has 0 saturated carbocycles. The molecule has 0 unspecified atom stereocenters. The molecule has 1 aliphatic heterocycles. The summed E-state index contributed by atoms with van der Waals surface area (Å²) in [6.45, 7) is 3.28. The number of nitrogens with one attached hydrogen (secondary N) is 2. The van der Waals surface area contributed by atoms with E-state index >= 15 is 0 Å². The molecule has 1 aromatic carbocycles. The first-order valence-corrected chi connectivity index (χ1v) is 8.43. The van der Waals surface area contributed by atoms with E-state index in [1.165, 1.54) is 0 Å². The van der Waals surface area contributed by atoms with Crippen molar-refractivity contribution < 1.29 is 14.4 Å². The molecule has 0 aliphatic carbocycles. The molecule has 1 aliphatic rings. The summed E-state index contributed by atoms with van der Waals surface area (Å²) in [5, 5.41) is 4.90. The lowest BCUT2D eigenvalue weighted by Gasteiger charge is -2.26. The van der Waals surface area contributed by atoms with Crippen LogP contribution in [0.2, 0.25) is 0 Å². The Morgan fingerprint density at radius 2 is 1.96 bits per heavy atom. The summed E-state index contributed by atoms with van der Waals surface area (Å²) in [6, 6.07) is 4.46. The first-order chi connectivity index (χ1) is 11.0. The Labute approximate surface area is 139 Å². The van der Waals surface area contributed by atoms with E-state index in [1.54, 1.807) is 12.1 Å². The van der Waals surface area contributed by atoms with E-state index in [0.29, 0.717) is 11.3 Å². The van der Waals surface area contributed by atoms with Gasteiger partial charge in [0.25, 0.3) is 5.91 Å². The second-order valence-corrected chi connectivity index (χ2v) is 6.42. The highest BCUT2D eigenvalue weighted by atomic mass is 32.2. The van der Waals surface area contributed by atoms with Gasteiger partial charge in [0, 0.05) is 35.8 Å². The predicted molar refractivity (Wildman–Crippen MR) is 90.6 cm³/mol. The molecule has 2 rings (SSSR count). The van der Waals surface area contributed by atoms with Crippen LogP contribution in [0.3, 0.4) is 0 Å². The Morgan fingerprint density at radius 1 is 1.26 bits per heavy atom. The zero-order valence-electron chi connectivity index (χ0n) is 12.9. The van der Waals surface area contributed by atoms with Gasteiger partial charge < -0.3 is 16.0 Å². The fourth-order valence-electron chi connectivity index (χ4n) is 2.25. The summed E-state index contributed by atoms with van der Waals surface area (Å²) in [5.74, 6) is 1.38. The van der Waals surface area contributed by atoms with E-state index in [2.05, 4.69) is 5.32 Å². The normalized spacial score (nSPS) is 14.2. The van der Waals surface area contributed by atoms with Crippen molar-refractivity contribution in [3.05, 3.63) is 29.3 Å². The minimum atomic E-state index is -0.889. The number of rotatable bonds is 4. The number of hydrogen-bond donors (Lipinski definition) is 3. The molecule has 1 fully saturated rings. The second-order valence-electron chi connectivity index (χ2n) is 5.20. The maximum atomic E-state index is 12.5. The van der Waals surface area contributed by atoms with Gasteiger partial charge >= 0.3 is 6.03 Å². The third-order valence-corrected chi connectivity index (χ3v) is 4.43. The quantitative estimate of drug-likeness (QED) is 0.754. The molecular formula is C15H20N4O3S. The number of imide groups is 1. The first-order valence-electron chi connectivity index (χ1n) is 7.28. The molecule has 1 saturated heterocycles. The highest BCUT2D eigenvalue weighted by molar-refractivity contribution is 7.99. The minimum Gasteiger partial charge on any atom is -0.376 e. The van der Waals surface area contributed by atoms with Crippen LogP contribution in [0.1, 0.15) is 15.9 Å². The van der Waals surface area contributed by atoms with E-state index < -0.39 is 11.9 Å². The van der Waals surface area contributed by atoms with Crippen LogP contribution in [0.15, 0.2) is 18.2 Å². The smallest absolute Gasteiger partial charge is 0.318 e. The number of thioether (sulfide) groups is 1. The van der Waals surface area contributed by atoms with Gasteiger partial charge in [0.2, 0.25) is 5.91 Å². The van der Waals surface area contributed by atoms with E-state index in [9.17, 15) is 14.4 Å². The van der Waals surface area contributed by atoms with Crippen molar-refractivity contribution in [2.75, 3.05) is 36.5 Å². The van der Waals surface area contributed by atoms with E-state index in [0.717, 1.165) is 30.2 Å². The zero-order valence-corrected chi connectivity index (χ0v) is 13.7. The highest BCUT2D eigenvalue weighted by Crippen LogP contribution is 2.19. The SMILES string of the molecule is Cc1ccc(C(=O)N2CCSCC2)cc1NCC(=O)NC(N)=O. The molecule has 8 heteroatoms. The van der Waals surface area contributed by atoms with Crippen molar-refractivity contribution in [2.45, 2.75) is 6.92 Å². The van der Waals surface area contributed by atoms with Crippen molar-refractivity contribution in [1.82, 2.24) is 10.2 Å². The number of benzene rings is 1. The Balaban J connectivity index is 2.04. The van der Waals surface area contributed by atoms with Gasteiger partial charge in [-0.1, -0.05) is 6.07 Å². The summed E-state index contributed by atoms with van der Waals surface area (Å²) in [4.78, 5) is 36.4. The number of amides is 4. The number of anilines is 1. The largest absolute Gasteiger partial charge is 0.376 e. The maximum absolute atomic E-state index is 12.5. The molecule has 0 atom stereocenters. The summed E-state index contributed by atoms with van der Waals surface area (Å²) in [6.07, 6.45) is 0. The number of hydrogen-bond acceptors (Lipinski definition) is 5. The lowest BCUT2D eigenvalue weighted by atomic mass is 10.1. The molecule has 23 heavy (non-hydrogen) atoms. The topological polar surface area (TPSA) is 105 Å². The van der Waals surface area contributed by atoms with Crippen LogP contribution in [0.5, 0.6) is 0 Å². The molecule has 0 radical (unpaired) electrons. The van der Waals surface area contributed by atoms with Gasteiger partial charge in [0.1, 0.15) is 0 Å². The van der Waals surface area contributed by atoms with Crippen LogP contribution in [-0.2, 0) is 4.79 Å². The molecule has 4 N–H and O–H groups in total. The summed E-state index contributed by atoms with van der Waals surface area (Å²) in [5.41, 5.74) is 7.06. The number of aryl methyl sites for hydroxylation is 1. The highest BCUT2D eigenvalue weighted by Gasteiger charge is 2.19. The molecule has 1 heterocycles. The van der Waals surface area contributed by atoms with Crippen molar-refractivity contribution in [3.8, 4) is 0 Å². The molecule has 0 spiro atoms. The number of primary amides is 1. The Bertz CT molecular complexity index is 615. The van der Waals surface area contributed by atoms with Crippen molar-refractivity contribution in [3.63, 3.8) is 0 Å². The van der Waals surface area contributed by atoms with Crippen molar-refractivity contribution in [1.29, 1.82) is 0 Å². The lowest BCUT2D eigenvalue weighted by Crippen LogP contribution is -2.38. The Kier molecular flexibility index (Phi) is 5.86. The fraction of sp³-hybridized carbons (Fsp3) is 0.400. The third kappa shape index (κ3) is 4.88. The van der Waals surface area contributed by atoms with Crippen LogP contribution in [0, 0.1) is 6.92 Å². The number of carbonyl (C=O) groups is 3. The fourth-order valence-corrected chi connectivity index (χ4v) is 3.15. The number of nitrogens with zero attached hydrogens (tertiary/aromatic N) is 1. The van der Waals surface area contributed by atoms with Gasteiger partial charge in [-0.05, 0) is 24.6 Å². The molecule has 0 bridgehead atoms. The average Bonchev–Trinajstić information content (AvgIpc) is 2.53. The number of nitrogens with two attached hydrogens (primary N) is 1. The van der Waals surface area contributed by atoms with Gasteiger partial charge in [-0.25, -0.2) is 4.79 Å². The standard InChI is InChI=1S/C15H20N4O3S/c1-10-2-3-11(14(21)19-4-6-23-7-5-19)8-12(10)17-9-13(20)18-15(16)22/h2-3,8,17H,4-7,9H2,1H3,(H3,16,18,20,22). The Hall–Kier alpha value is -2.22. The Morgan fingerprint density at radius 3 is 2.61 bits per heavy atom. The van der Waals surface area contributed by atoms with Crippen molar-refractivity contribution in [2.24, 2.45) is 5.73 Å². The van der Waals surface area contributed by atoms with Gasteiger partial charge in [0.05, 0.1) is 6.54 Å². The molecule has 7 nitrogen and oxygen atoms in total. The van der Waals surface area contributed by atoms with Crippen LogP contribution in [0.4, 0.5) is 10.5 Å². The van der Waals surface area contributed by atoms with Crippen LogP contribution in [-0.4, -0.2) is 53.9 Å². The molecule has 0 aromatic heterocycles. The molecule has 1 aromatic rings. The van der Waals surface area contributed by atoms with Gasteiger partial charge in [0.15, 0.2) is 0 Å². The van der Waals surface area contributed by atoms with Crippen LogP contribution >= 0.6 is 11.8 Å². The van der Waals surface area contributed by atoms with Gasteiger partial charge in [-0.3, -0.25) is 14.9 Å². The number of urea groups is 1. The monoisotopic (exact) mass is 336 g/mol. The molecular weight excluding hydrogens is 316 g/mol. The van der Waals surface area contributed by atoms with Crippen molar-refractivity contribution >= 4 is 35.3 Å². The van der Waals surface area contributed by atoms with E-state index in [1.807, 2.05) is 35.0 Å². The molecule has 4 amide bonds. The maximum Gasteiger partial charge on any atom is 0.318 e. The predicted octanol–water partition coefficient (Wildman–Crippen LogP) is 0.791. The average molecular weight is 336 g/mol. The van der Waals surface area contributed by atoms with E-state index in [-0.39, 0.29) is 12.5 Å². The summed E-state index contributed by atoms with van der Waals surface area (Å²) in [7, 11) is 0. The van der Waals surface area contributed by atoms with Crippen LogP contribution < -0.4 is 16.4 Å². The third-order valence-electron chi connectivity index (χ3n) is 3.48. The summed E-state index contributed by atoms with van der Waals surface area (Å²) < 4.78 is 0. The van der Waals surface area contributed by atoms with E-state index in [4.69, 9.17) is 5.73 Å². The lowest BCUT2D eigenvalue weighted by molar-refractivity contribution is -0.118. The van der Waals surface area contributed by atoms with Crippen LogP contribution in [0.25, 0.3) is 0 Å². The first kappa shape index (κ1) is 17.1. The number of carbonyl (C=O) groups excluding carboxylic acids is 3. The molecule has 124 valence electrons. The summed E-state index contributed by atoms with van der Waals surface area (Å²) >= 11 is 1.84. The van der Waals surface area contributed by atoms with Gasteiger partial charge in [-0.15, -0.1) is 0 Å².